The predicted molar refractivity (Wildman–Crippen MR) is 98.2 cm³/mol. The molecule has 3 rings (SSSR count). The van der Waals surface area contributed by atoms with Gasteiger partial charge in [-0.15, -0.1) is 10.2 Å². The maximum Gasteiger partial charge on any atom is 0.300 e. The Morgan fingerprint density at radius 3 is 2.71 bits per heavy atom. The molecule has 0 saturated heterocycles. The van der Waals surface area contributed by atoms with Gasteiger partial charge in [-0.25, -0.2) is 0 Å². The van der Waals surface area contributed by atoms with E-state index in [0.717, 1.165) is 22.2 Å². The smallest absolute Gasteiger partial charge is 0.279 e. The van der Waals surface area contributed by atoms with E-state index in [1.807, 2.05) is 32.2 Å². The first-order valence-corrected chi connectivity index (χ1v) is 8.76. The minimum atomic E-state index is -0.161. The lowest BCUT2D eigenvalue weighted by molar-refractivity contribution is 0.891. The number of nitrogens with zero attached hydrogens (tertiary/aromatic N) is 4. The molecule has 2 aromatic heterocycles. The van der Waals surface area contributed by atoms with Crippen LogP contribution in [-0.4, -0.2) is 24.9 Å². The van der Waals surface area contributed by atoms with E-state index in [4.69, 9.17) is 0 Å². The molecular formula is C18H20N4OS. The van der Waals surface area contributed by atoms with Gasteiger partial charge in [0.05, 0.1) is 5.69 Å². The molecule has 0 aliphatic rings. The van der Waals surface area contributed by atoms with E-state index in [1.54, 1.807) is 26.9 Å². The van der Waals surface area contributed by atoms with Gasteiger partial charge in [0.25, 0.3) is 0 Å². The first-order chi connectivity index (χ1) is 11.5. The lowest BCUT2D eigenvalue weighted by Gasteiger charge is -2.10. The van der Waals surface area contributed by atoms with Crippen LogP contribution in [0, 0.1) is 13.8 Å². The molecule has 0 aliphatic heterocycles. The topological polar surface area (TPSA) is 52.2 Å². The molecule has 24 heavy (non-hydrogen) atoms. The van der Waals surface area contributed by atoms with Crippen LogP contribution < -0.4 is 5.56 Å². The largest absolute Gasteiger partial charge is 0.300 e. The molecule has 0 saturated carbocycles. The number of thioether (sulfide) groups is 1. The van der Waals surface area contributed by atoms with Gasteiger partial charge in [-0.1, -0.05) is 41.1 Å². The molecule has 3 aromatic rings. The van der Waals surface area contributed by atoms with E-state index in [1.165, 1.54) is 11.1 Å². The zero-order valence-electron chi connectivity index (χ0n) is 14.3. The summed E-state index contributed by atoms with van der Waals surface area (Å²) in [7, 11) is 0. The first-order valence-electron chi connectivity index (χ1n) is 7.77. The highest BCUT2D eigenvalue weighted by atomic mass is 32.2. The summed E-state index contributed by atoms with van der Waals surface area (Å²) < 4.78 is 3.38. The third-order valence-electron chi connectivity index (χ3n) is 3.76. The lowest BCUT2D eigenvalue weighted by atomic mass is 10.1. The number of aromatic nitrogens is 4. The number of aryl methyl sites for hydroxylation is 2. The molecule has 5 nitrogen and oxygen atoms in total. The summed E-state index contributed by atoms with van der Waals surface area (Å²) in [5.41, 5.74) is 4.54. The fraction of sp³-hybridized carbons (Fsp3) is 0.278. The molecule has 0 amide bonds. The van der Waals surface area contributed by atoms with Crippen molar-refractivity contribution >= 4 is 17.4 Å². The van der Waals surface area contributed by atoms with Gasteiger partial charge in [-0.2, -0.15) is 0 Å². The monoisotopic (exact) mass is 340 g/mol. The van der Waals surface area contributed by atoms with E-state index in [2.05, 4.69) is 36.2 Å². The number of rotatable bonds is 4. The van der Waals surface area contributed by atoms with Gasteiger partial charge < -0.3 is 0 Å². The fourth-order valence-electron chi connectivity index (χ4n) is 2.51. The third-order valence-corrected chi connectivity index (χ3v) is 4.63. The van der Waals surface area contributed by atoms with Crippen molar-refractivity contribution in [1.29, 1.82) is 0 Å². The summed E-state index contributed by atoms with van der Waals surface area (Å²) in [4.78, 5) is 12.8. The van der Waals surface area contributed by atoms with Crippen molar-refractivity contribution in [3.63, 3.8) is 0 Å². The van der Waals surface area contributed by atoms with Crippen molar-refractivity contribution in [1.82, 2.24) is 19.2 Å². The Kier molecular flexibility index (Phi) is 4.57. The van der Waals surface area contributed by atoms with Crippen molar-refractivity contribution in [2.24, 2.45) is 0 Å². The van der Waals surface area contributed by atoms with E-state index < -0.39 is 0 Å². The van der Waals surface area contributed by atoms with Crippen LogP contribution in [0.1, 0.15) is 25.0 Å². The highest BCUT2D eigenvalue weighted by Crippen LogP contribution is 2.18. The molecule has 0 N–H and O–H groups in total. The molecule has 0 radical (unpaired) electrons. The van der Waals surface area contributed by atoms with Gasteiger partial charge in [-0.3, -0.25) is 13.8 Å². The summed E-state index contributed by atoms with van der Waals surface area (Å²) in [5, 5.41) is 8.97. The van der Waals surface area contributed by atoms with Crippen molar-refractivity contribution in [3.05, 3.63) is 63.7 Å². The number of allylic oxidation sites excluding steroid dienone is 1. The predicted octanol–water partition coefficient (Wildman–Crippen LogP) is 3.56. The van der Waals surface area contributed by atoms with E-state index >= 15 is 0 Å². The highest BCUT2D eigenvalue weighted by Gasteiger charge is 2.12. The van der Waals surface area contributed by atoms with Crippen molar-refractivity contribution in [2.75, 3.05) is 5.75 Å². The SMILES string of the molecule is CC(C)=CCSc1nnc2c(=O)n(-c3ccc(C)cc3C)ccn12. The Labute approximate surface area is 145 Å². The van der Waals surface area contributed by atoms with Crippen LogP contribution in [0.25, 0.3) is 11.3 Å². The van der Waals surface area contributed by atoms with Crippen LogP contribution in [-0.2, 0) is 0 Å². The maximum absolute atomic E-state index is 12.8. The number of benzene rings is 1. The van der Waals surface area contributed by atoms with Crippen molar-refractivity contribution in [3.8, 4) is 5.69 Å². The molecule has 0 unspecified atom stereocenters. The summed E-state index contributed by atoms with van der Waals surface area (Å²) in [6.07, 6.45) is 5.75. The molecule has 0 bridgehead atoms. The maximum atomic E-state index is 12.8. The Hall–Kier alpha value is -2.34. The first kappa shape index (κ1) is 16.5. The number of fused-ring (bicyclic) bond motifs is 1. The molecule has 6 heteroatoms. The second kappa shape index (κ2) is 6.65. The number of hydrogen-bond acceptors (Lipinski definition) is 4. The Morgan fingerprint density at radius 1 is 1.21 bits per heavy atom. The Morgan fingerprint density at radius 2 is 2.00 bits per heavy atom. The summed E-state index contributed by atoms with van der Waals surface area (Å²) in [6, 6.07) is 6.03. The molecule has 2 heterocycles. The lowest BCUT2D eigenvalue weighted by Crippen LogP contribution is -2.21. The second-order valence-corrected chi connectivity index (χ2v) is 7.02. The van der Waals surface area contributed by atoms with Gasteiger partial charge in [0.2, 0.25) is 5.65 Å². The summed E-state index contributed by atoms with van der Waals surface area (Å²) in [6.45, 7) is 8.16. The van der Waals surface area contributed by atoms with Crippen LogP contribution in [0.5, 0.6) is 0 Å². The Bertz CT molecular complexity index is 980. The highest BCUT2D eigenvalue weighted by molar-refractivity contribution is 7.99. The molecule has 124 valence electrons. The zero-order valence-corrected chi connectivity index (χ0v) is 15.1. The van der Waals surface area contributed by atoms with Crippen LogP contribution in [0.4, 0.5) is 0 Å². The fourth-order valence-corrected chi connectivity index (χ4v) is 3.46. The van der Waals surface area contributed by atoms with E-state index in [-0.39, 0.29) is 5.56 Å². The Balaban J connectivity index is 2.03. The molecular weight excluding hydrogens is 320 g/mol. The second-order valence-electron chi connectivity index (χ2n) is 6.03. The summed E-state index contributed by atoms with van der Waals surface area (Å²) >= 11 is 1.57. The minimum Gasteiger partial charge on any atom is -0.279 e. The summed E-state index contributed by atoms with van der Waals surface area (Å²) in [5.74, 6) is 0.809. The average Bonchev–Trinajstić information content (AvgIpc) is 2.92. The van der Waals surface area contributed by atoms with Crippen LogP contribution >= 0.6 is 11.8 Å². The van der Waals surface area contributed by atoms with Gasteiger partial charge in [0, 0.05) is 18.1 Å². The van der Waals surface area contributed by atoms with E-state index in [9.17, 15) is 4.79 Å². The van der Waals surface area contributed by atoms with Crippen molar-refractivity contribution in [2.45, 2.75) is 32.9 Å². The average molecular weight is 340 g/mol. The quantitative estimate of drug-likeness (QED) is 0.538. The van der Waals surface area contributed by atoms with Gasteiger partial charge >= 0.3 is 5.56 Å². The van der Waals surface area contributed by atoms with Gasteiger partial charge in [0.15, 0.2) is 5.16 Å². The van der Waals surface area contributed by atoms with Crippen molar-refractivity contribution < 1.29 is 0 Å². The normalized spacial score (nSPS) is 11.0. The zero-order chi connectivity index (χ0) is 17.3. The molecule has 0 atom stereocenters. The van der Waals surface area contributed by atoms with Gasteiger partial charge in [0.1, 0.15) is 0 Å². The van der Waals surface area contributed by atoms with Crippen LogP contribution in [0.15, 0.2) is 52.2 Å². The molecule has 0 spiro atoms. The minimum absolute atomic E-state index is 0.161. The molecule has 0 aliphatic carbocycles. The van der Waals surface area contributed by atoms with E-state index in [0.29, 0.717) is 5.65 Å². The molecule has 1 aromatic carbocycles. The van der Waals surface area contributed by atoms with Crippen LogP contribution in [0.3, 0.4) is 0 Å². The van der Waals surface area contributed by atoms with Crippen LogP contribution in [0.2, 0.25) is 0 Å². The molecule has 0 fully saturated rings. The third kappa shape index (κ3) is 3.14. The van der Waals surface area contributed by atoms with Gasteiger partial charge in [-0.05, 0) is 39.3 Å². The standard InChI is InChI=1S/C18H20N4OS/c1-12(2)7-10-24-18-20-19-16-17(23)21(8-9-22(16)18)15-6-5-13(3)11-14(15)4/h5-9,11H,10H2,1-4H3. The number of hydrogen-bond donors (Lipinski definition) is 0.